The van der Waals surface area contributed by atoms with E-state index in [2.05, 4.69) is 14.9 Å². The molecule has 0 spiro atoms. The molecule has 0 bridgehead atoms. The number of aromatic amines is 1. The Bertz CT molecular complexity index is 1000. The minimum absolute atomic E-state index is 0.103. The first-order chi connectivity index (χ1) is 11.5. The molecule has 0 aliphatic carbocycles. The first kappa shape index (κ1) is 16.1. The normalized spacial score (nSPS) is 11.5. The van der Waals surface area contributed by atoms with Crippen LogP contribution < -0.4 is 14.2 Å². The highest BCUT2D eigenvalue weighted by Crippen LogP contribution is 2.33. The number of rotatable bonds is 5. The molecule has 7 nitrogen and oxygen atoms in total. The highest BCUT2D eigenvalue weighted by Gasteiger charge is 2.23. The summed E-state index contributed by atoms with van der Waals surface area (Å²) in [5.41, 5.74) is 0.943. The van der Waals surface area contributed by atoms with Gasteiger partial charge in [-0.3, -0.25) is 9.82 Å². The summed E-state index contributed by atoms with van der Waals surface area (Å²) in [4.78, 5) is -0.541. The van der Waals surface area contributed by atoms with Crippen LogP contribution in [0.5, 0.6) is 11.5 Å². The van der Waals surface area contributed by atoms with Gasteiger partial charge in [0.15, 0.2) is 11.5 Å². The average molecular weight is 351 g/mol. The fourth-order valence-electron chi connectivity index (χ4n) is 2.30. The Labute approximate surface area is 137 Å². The lowest BCUT2D eigenvalue weighted by Crippen LogP contribution is -2.15. The van der Waals surface area contributed by atoms with E-state index in [-0.39, 0.29) is 17.2 Å². The van der Waals surface area contributed by atoms with Gasteiger partial charge in [0, 0.05) is 17.5 Å². The minimum Gasteiger partial charge on any atom is -0.493 e. The molecule has 24 heavy (non-hydrogen) atoms. The Hall–Kier alpha value is -2.81. The highest BCUT2D eigenvalue weighted by molar-refractivity contribution is 7.92. The number of sulfonamides is 1. The fourth-order valence-corrected chi connectivity index (χ4v) is 3.45. The van der Waals surface area contributed by atoms with Crippen LogP contribution in [0.1, 0.15) is 0 Å². The van der Waals surface area contributed by atoms with Crippen molar-refractivity contribution in [3.8, 4) is 11.5 Å². The van der Waals surface area contributed by atoms with E-state index in [9.17, 15) is 12.8 Å². The summed E-state index contributed by atoms with van der Waals surface area (Å²) in [6.45, 7) is 0. The zero-order chi connectivity index (χ0) is 17.3. The molecule has 0 saturated heterocycles. The molecule has 1 heterocycles. The quantitative estimate of drug-likeness (QED) is 0.737. The first-order valence-electron chi connectivity index (χ1n) is 6.82. The molecule has 0 atom stereocenters. The van der Waals surface area contributed by atoms with Gasteiger partial charge in [-0.2, -0.15) is 5.10 Å². The Morgan fingerprint density at radius 1 is 1.17 bits per heavy atom. The average Bonchev–Trinajstić information content (AvgIpc) is 3.03. The first-order valence-corrected chi connectivity index (χ1v) is 8.31. The lowest BCUT2D eigenvalue weighted by Gasteiger charge is -2.13. The molecular formula is C15H14FN3O4S. The van der Waals surface area contributed by atoms with Gasteiger partial charge in [0.1, 0.15) is 10.7 Å². The Balaban J connectivity index is 2.07. The van der Waals surface area contributed by atoms with Gasteiger partial charge < -0.3 is 9.47 Å². The molecule has 9 heteroatoms. The standard InChI is InChI=1S/C15H14FN3O4S/c1-22-13-6-10(16)15(7-14(13)23-2)24(20,21)19-12-5-3-4-11-9(12)8-17-18-11/h3-8,19H,1-2H3,(H,17,18). The number of nitrogens with zero attached hydrogens (tertiary/aromatic N) is 1. The largest absolute Gasteiger partial charge is 0.493 e. The molecule has 0 aliphatic heterocycles. The molecular weight excluding hydrogens is 337 g/mol. The summed E-state index contributed by atoms with van der Waals surface area (Å²) in [5, 5.41) is 7.17. The number of halogens is 1. The van der Waals surface area contributed by atoms with Crippen LogP contribution in [-0.4, -0.2) is 32.8 Å². The van der Waals surface area contributed by atoms with Gasteiger partial charge in [0.05, 0.1) is 31.6 Å². The number of benzene rings is 2. The second kappa shape index (κ2) is 6.00. The summed E-state index contributed by atoms with van der Waals surface area (Å²) in [7, 11) is -1.50. The monoisotopic (exact) mass is 351 g/mol. The third kappa shape index (κ3) is 2.73. The van der Waals surface area contributed by atoms with Gasteiger partial charge >= 0.3 is 0 Å². The molecule has 126 valence electrons. The van der Waals surface area contributed by atoms with Crippen molar-refractivity contribution < 1.29 is 22.3 Å². The van der Waals surface area contributed by atoms with Gasteiger partial charge in [0.2, 0.25) is 0 Å². The molecule has 0 amide bonds. The topological polar surface area (TPSA) is 93.3 Å². The number of methoxy groups -OCH3 is 2. The van der Waals surface area contributed by atoms with Crippen molar-refractivity contribution in [2.24, 2.45) is 0 Å². The van der Waals surface area contributed by atoms with Crippen LogP contribution in [0.15, 0.2) is 41.4 Å². The van der Waals surface area contributed by atoms with Gasteiger partial charge in [-0.1, -0.05) is 6.07 Å². The second-order valence-corrected chi connectivity index (χ2v) is 6.53. The van der Waals surface area contributed by atoms with Crippen LogP contribution >= 0.6 is 0 Å². The molecule has 0 unspecified atom stereocenters. The highest BCUT2D eigenvalue weighted by atomic mass is 32.2. The molecule has 0 fully saturated rings. The Morgan fingerprint density at radius 3 is 2.58 bits per heavy atom. The van der Waals surface area contributed by atoms with Crippen molar-refractivity contribution in [2.45, 2.75) is 4.90 Å². The molecule has 0 saturated carbocycles. The number of aromatic nitrogens is 2. The zero-order valence-corrected chi connectivity index (χ0v) is 13.6. The van der Waals surface area contributed by atoms with E-state index >= 15 is 0 Å². The fraction of sp³-hybridized carbons (Fsp3) is 0.133. The number of fused-ring (bicyclic) bond motifs is 1. The molecule has 0 radical (unpaired) electrons. The maximum absolute atomic E-state index is 14.2. The molecule has 1 aromatic heterocycles. The predicted octanol–water partition coefficient (Wildman–Crippen LogP) is 2.52. The number of nitrogens with one attached hydrogen (secondary N) is 2. The summed E-state index contributed by atoms with van der Waals surface area (Å²) in [6, 6.07) is 7.01. The molecule has 2 N–H and O–H groups in total. The maximum atomic E-state index is 14.2. The van der Waals surface area contributed by atoms with E-state index in [1.165, 1.54) is 20.4 Å². The maximum Gasteiger partial charge on any atom is 0.264 e. The smallest absolute Gasteiger partial charge is 0.264 e. The summed E-state index contributed by atoms with van der Waals surface area (Å²) < 4.78 is 51.8. The van der Waals surface area contributed by atoms with Crippen molar-refractivity contribution in [3.05, 3.63) is 42.3 Å². The summed E-state index contributed by atoms with van der Waals surface area (Å²) >= 11 is 0. The number of H-pyrrole nitrogens is 1. The molecule has 2 aromatic carbocycles. The minimum atomic E-state index is -4.17. The van der Waals surface area contributed by atoms with Crippen molar-refractivity contribution in [3.63, 3.8) is 0 Å². The van der Waals surface area contributed by atoms with Crippen LogP contribution in [-0.2, 0) is 10.0 Å². The summed E-state index contributed by atoms with van der Waals surface area (Å²) in [5.74, 6) is -0.730. The molecule has 3 rings (SSSR count). The van der Waals surface area contributed by atoms with E-state index < -0.39 is 20.7 Å². The van der Waals surface area contributed by atoms with E-state index in [0.717, 1.165) is 12.1 Å². The number of hydrogen-bond acceptors (Lipinski definition) is 5. The van der Waals surface area contributed by atoms with Gasteiger partial charge in [-0.15, -0.1) is 0 Å². The van der Waals surface area contributed by atoms with Crippen molar-refractivity contribution in [1.82, 2.24) is 10.2 Å². The zero-order valence-electron chi connectivity index (χ0n) is 12.8. The Kier molecular flexibility index (Phi) is 4.02. The van der Waals surface area contributed by atoms with E-state index in [1.54, 1.807) is 18.2 Å². The van der Waals surface area contributed by atoms with Crippen LogP contribution in [0.3, 0.4) is 0 Å². The third-order valence-corrected chi connectivity index (χ3v) is 4.84. The van der Waals surface area contributed by atoms with Crippen molar-refractivity contribution in [1.29, 1.82) is 0 Å². The third-order valence-electron chi connectivity index (χ3n) is 3.46. The van der Waals surface area contributed by atoms with E-state index in [0.29, 0.717) is 10.9 Å². The number of ether oxygens (including phenoxy) is 2. The van der Waals surface area contributed by atoms with Gasteiger partial charge in [0.25, 0.3) is 10.0 Å². The SMILES string of the molecule is COc1cc(F)c(S(=O)(=O)Nc2cccc3[nH]ncc23)cc1OC. The lowest BCUT2D eigenvalue weighted by molar-refractivity contribution is 0.350. The Morgan fingerprint density at radius 2 is 1.88 bits per heavy atom. The summed E-state index contributed by atoms with van der Waals surface area (Å²) in [6.07, 6.45) is 1.48. The van der Waals surface area contributed by atoms with Gasteiger partial charge in [-0.25, -0.2) is 12.8 Å². The van der Waals surface area contributed by atoms with Gasteiger partial charge in [-0.05, 0) is 12.1 Å². The van der Waals surface area contributed by atoms with Crippen molar-refractivity contribution in [2.75, 3.05) is 18.9 Å². The second-order valence-electron chi connectivity index (χ2n) is 4.88. The van der Waals surface area contributed by atoms with E-state index in [1.807, 2.05) is 0 Å². The van der Waals surface area contributed by atoms with Crippen LogP contribution in [0.25, 0.3) is 10.9 Å². The predicted molar refractivity (Wildman–Crippen MR) is 86.4 cm³/mol. The molecule has 3 aromatic rings. The number of anilines is 1. The van der Waals surface area contributed by atoms with Crippen LogP contribution in [0, 0.1) is 5.82 Å². The van der Waals surface area contributed by atoms with Crippen LogP contribution in [0.4, 0.5) is 10.1 Å². The van der Waals surface area contributed by atoms with Crippen molar-refractivity contribution >= 4 is 26.6 Å². The van der Waals surface area contributed by atoms with Crippen LogP contribution in [0.2, 0.25) is 0 Å². The number of hydrogen-bond donors (Lipinski definition) is 2. The molecule has 0 aliphatic rings. The lowest BCUT2D eigenvalue weighted by atomic mass is 10.2. The van der Waals surface area contributed by atoms with E-state index in [4.69, 9.17) is 9.47 Å².